The summed E-state index contributed by atoms with van der Waals surface area (Å²) < 4.78 is 31.0. The largest absolute Gasteiger partial charge is 0.378 e. The molecular formula is C11H18N2O3S2. The van der Waals surface area contributed by atoms with E-state index in [9.17, 15) is 8.42 Å². The van der Waals surface area contributed by atoms with Gasteiger partial charge >= 0.3 is 0 Å². The van der Waals surface area contributed by atoms with Gasteiger partial charge in [0.05, 0.1) is 30.0 Å². The molecule has 1 fully saturated rings. The lowest BCUT2D eigenvalue weighted by molar-refractivity contribution is 0.0390. The van der Waals surface area contributed by atoms with Gasteiger partial charge in [-0.15, -0.1) is 11.3 Å². The van der Waals surface area contributed by atoms with Crippen LogP contribution < -0.4 is 0 Å². The topological polar surface area (TPSA) is 59.5 Å². The van der Waals surface area contributed by atoms with Gasteiger partial charge in [-0.1, -0.05) is 0 Å². The molecule has 102 valence electrons. The number of sulfonamides is 1. The number of nitrogens with zero attached hydrogens (tertiary/aromatic N) is 2. The van der Waals surface area contributed by atoms with Crippen LogP contribution in [0, 0.1) is 13.8 Å². The van der Waals surface area contributed by atoms with Gasteiger partial charge in [0.2, 0.25) is 10.0 Å². The summed E-state index contributed by atoms with van der Waals surface area (Å²) in [7, 11) is -1.64. The zero-order valence-corrected chi connectivity index (χ0v) is 12.6. The van der Waals surface area contributed by atoms with Gasteiger partial charge in [0, 0.05) is 11.9 Å². The predicted octanol–water partition coefficient (Wildman–Crippen LogP) is 1.48. The first-order valence-corrected chi connectivity index (χ1v) is 8.14. The Morgan fingerprint density at radius 1 is 1.44 bits per heavy atom. The van der Waals surface area contributed by atoms with Gasteiger partial charge in [-0.2, -0.15) is 4.31 Å². The predicted molar refractivity (Wildman–Crippen MR) is 71.3 cm³/mol. The summed E-state index contributed by atoms with van der Waals surface area (Å²) in [5.41, 5.74) is 0.914. The van der Waals surface area contributed by atoms with Crippen LogP contribution in [0.4, 0.5) is 0 Å². The van der Waals surface area contributed by atoms with Crippen molar-refractivity contribution in [2.75, 3.05) is 20.3 Å². The maximum absolute atomic E-state index is 12.3. The summed E-state index contributed by atoms with van der Waals surface area (Å²) in [6.07, 6.45) is 0. The molecule has 0 amide bonds. The number of aryl methyl sites for hydroxylation is 2. The highest BCUT2D eigenvalue weighted by molar-refractivity contribution is 7.89. The fourth-order valence-electron chi connectivity index (χ4n) is 1.94. The molecule has 0 saturated carbocycles. The monoisotopic (exact) mass is 290 g/mol. The average Bonchev–Trinajstić information content (AvgIpc) is 2.52. The number of rotatable bonds is 4. The number of hydrogen-bond donors (Lipinski definition) is 0. The number of aromatic nitrogens is 1. The zero-order valence-electron chi connectivity index (χ0n) is 11.0. The molecule has 1 unspecified atom stereocenters. The summed E-state index contributed by atoms with van der Waals surface area (Å²) in [5, 5.41) is 0.575. The first-order valence-electron chi connectivity index (χ1n) is 5.82. The lowest BCUT2D eigenvalue weighted by Gasteiger charge is -2.32. The van der Waals surface area contributed by atoms with Crippen LogP contribution in [-0.2, 0) is 14.8 Å². The summed E-state index contributed by atoms with van der Waals surface area (Å²) in [5.74, 6) is 0. The highest BCUT2D eigenvalue weighted by Crippen LogP contribution is 2.31. The summed E-state index contributed by atoms with van der Waals surface area (Å²) in [4.78, 5) is 5.36. The zero-order chi connectivity index (χ0) is 13.5. The van der Waals surface area contributed by atoms with E-state index < -0.39 is 10.0 Å². The van der Waals surface area contributed by atoms with Crippen LogP contribution in [0.1, 0.15) is 28.5 Å². The summed E-state index contributed by atoms with van der Waals surface area (Å²) in [6.45, 7) is 6.36. The van der Waals surface area contributed by atoms with Crippen molar-refractivity contribution in [3.63, 3.8) is 0 Å². The molecule has 1 atom stereocenters. The second kappa shape index (κ2) is 4.88. The molecule has 18 heavy (non-hydrogen) atoms. The van der Waals surface area contributed by atoms with Crippen LogP contribution in [0.25, 0.3) is 0 Å². The summed E-state index contributed by atoms with van der Waals surface area (Å²) in [6, 6.07) is -0.179. The molecule has 0 aliphatic carbocycles. The van der Waals surface area contributed by atoms with E-state index in [-0.39, 0.29) is 11.3 Å². The van der Waals surface area contributed by atoms with Crippen molar-refractivity contribution >= 4 is 21.4 Å². The molecule has 7 heteroatoms. The second-order valence-corrected chi connectivity index (χ2v) is 8.09. The summed E-state index contributed by atoms with van der Waals surface area (Å²) >= 11 is 1.56. The first-order chi connectivity index (χ1) is 8.34. The number of ether oxygens (including phenoxy) is 1. The average molecular weight is 290 g/mol. The van der Waals surface area contributed by atoms with Crippen molar-refractivity contribution in [3.8, 4) is 0 Å². The van der Waals surface area contributed by atoms with E-state index in [0.717, 1.165) is 15.6 Å². The van der Waals surface area contributed by atoms with Crippen LogP contribution in [0.2, 0.25) is 0 Å². The third-order valence-corrected chi connectivity index (χ3v) is 6.77. The molecule has 5 nitrogen and oxygen atoms in total. The Morgan fingerprint density at radius 3 is 2.44 bits per heavy atom. The Morgan fingerprint density at radius 2 is 2.06 bits per heavy atom. The van der Waals surface area contributed by atoms with Crippen LogP contribution >= 0.6 is 11.3 Å². The minimum atomic E-state index is -3.27. The molecule has 2 heterocycles. The van der Waals surface area contributed by atoms with E-state index in [1.54, 1.807) is 18.4 Å². The normalized spacial score (nSPS) is 18.9. The minimum Gasteiger partial charge on any atom is -0.378 e. The Hall–Kier alpha value is -0.500. The lowest BCUT2D eigenvalue weighted by atomic mass is 10.2. The second-order valence-electron chi connectivity index (χ2n) is 4.58. The fraction of sp³-hybridized carbons (Fsp3) is 0.727. The molecule has 0 spiro atoms. The lowest BCUT2D eigenvalue weighted by Crippen LogP contribution is -2.48. The van der Waals surface area contributed by atoms with E-state index in [2.05, 4.69) is 4.98 Å². The molecule has 1 aliphatic rings. The Balaban J connectivity index is 2.23. The van der Waals surface area contributed by atoms with Crippen molar-refractivity contribution in [3.05, 3.63) is 15.6 Å². The number of hydrogen-bond acceptors (Lipinski definition) is 5. The molecule has 0 N–H and O–H groups in total. The van der Waals surface area contributed by atoms with Crippen LogP contribution in [0.5, 0.6) is 0 Å². The van der Waals surface area contributed by atoms with Crippen molar-refractivity contribution in [2.45, 2.75) is 32.1 Å². The molecule has 1 saturated heterocycles. The smallest absolute Gasteiger partial charge is 0.221 e. The quantitative estimate of drug-likeness (QED) is 0.843. The van der Waals surface area contributed by atoms with Gasteiger partial charge in [-0.3, -0.25) is 0 Å². The van der Waals surface area contributed by atoms with Crippen LogP contribution in [-0.4, -0.2) is 43.2 Å². The van der Waals surface area contributed by atoms with Crippen molar-refractivity contribution < 1.29 is 13.2 Å². The SMILES string of the molecule is Cc1nc(C)c(C(C)N(C)S(=O)(=O)C2COC2)s1. The van der Waals surface area contributed by atoms with Crippen LogP contribution in [0.15, 0.2) is 0 Å². The first kappa shape index (κ1) is 13.9. The molecule has 1 aliphatic heterocycles. The maximum atomic E-state index is 12.3. The fourth-order valence-corrected chi connectivity index (χ4v) is 4.58. The minimum absolute atomic E-state index is 0.179. The molecule has 1 aromatic heterocycles. The molecule has 2 rings (SSSR count). The van der Waals surface area contributed by atoms with Gasteiger partial charge in [0.1, 0.15) is 5.25 Å². The molecule has 0 radical (unpaired) electrons. The van der Waals surface area contributed by atoms with E-state index in [4.69, 9.17) is 4.74 Å². The standard InChI is InChI=1S/C11H18N2O3S2/c1-7-11(17-9(3)12-7)8(2)13(4)18(14,15)10-5-16-6-10/h8,10H,5-6H2,1-4H3. The van der Waals surface area contributed by atoms with E-state index >= 15 is 0 Å². The molecule has 0 aromatic carbocycles. The number of thiazole rings is 1. The van der Waals surface area contributed by atoms with Crippen molar-refractivity contribution in [1.82, 2.24) is 9.29 Å². The van der Waals surface area contributed by atoms with E-state index in [1.165, 1.54) is 4.31 Å². The van der Waals surface area contributed by atoms with Gasteiger partial charge in [0.15, 0.2) is 0 Å². The van der Waals surface area contributed by atoms with Gasteiger partial charge < -0.3 is 4.74 Å². The Kier molecular flexibility index (Phi) is 3.77. The van der Waals surface area contributed by atoms with Crippen molar-refractivity contribution in [1.29, 1.82) is 0 Å². The van der Waals surface area contributed by atoms with Gasteiger partial charge in [-0.05, 0) is 20.8 Å². The van der Waals surface area contributed by atoms with Gasteiger partial charge in [-0.25, -0.2) is 13.4 Å². The molecular weight excluding hydrogens is 272 g/mol. The van der Waals surface area contributed by atoms with Crippen molar-refractivity contribution in [2.24, 2.45) is 0 Å². The maximum Gasteiger partial charge on any atom is 0.221 e. The van der Waals surface area contributed by atoms with E-state index in [1.807, 2.05) is 20.8 Å². The Bertz CT molecular complexity index is 534. The third-order valence-electron chi connectivity index (χ3n) is 3.29. The highest BCUT2D eigenvalue weighted by Gasteiger charge is 2.38. The Labute approximate surface area is 112 Å². The third kappa shape index (κ3) is 2.32. The van der Waals surface area contributed by atoms with Crippen LogP contribution in [0.3, 0.4) is 0 Å². The highest BCUT2D eigenvalue weighted by atomic mass is 32.2. The van der Waals surface area contributed by atoms with Gasteiger partial charge in [0.25, 0.3) is 0 Å². The molecule has 0 bridgehead atoms. The molecule has 1 aromatic rings. The van der Waals surface area contributed by atoms with E-state index in [0.29, 0.717) is 13.2 Å².